The average molecular weight is 1370 g/mol. The maximum atomic E-state index is 14.3. The predicted octanol–water partition coefficient (Wildman–Crippen LogP) is 5.44. The Morgan fingerprint density at radius 3 is 2.09 bits per heavy atom. The van der Waals surface area contributed by atoms with Crippen LogP contribution in [0.25, 0.3) is 33.4 Å². The van der Waals surface area contributed by atoms with Gasteiger partial charge < -0.3 is 77.3 Å². The molecule has 4 aromatic rings. The second-order valence-electron chi connectivity index (χ2n) is 24.7. The number of rotatable bonds is 31. The van der Waals surface area contributed by atoms with E-state index in [0.29, 0.717) is 71.2 Å². The first-order valence-electron chi connectivity index (χ1n) is 32.0. The summed E-state index contributed by atoms with van der Waals surface area (Å²) in [6.07, 6.45) is 1.39. The standard InChI is InChI=1S/C69H82N12O16S/c1-36(2)29-53(79-80-57(85)30-41-17-19-42(20-18-41)74-68(96)77-51-15-9-8-13-38(51)5)64(91)76-52(34-58(86)87)63(90)78-60(37(3)4)66(93)81-28-12-16-54(81)65(92)72-39(6)61(88)71-40(7)62(89)73-44(35-82)14-10-11-27-70-69(98)75-43-21-24-47(67(94)95)50(31-43)59-48-25-22-45(83)32-55(48)97-56-33-46(84)23-26-49(56)59/h8-9,13,15,17-26,31-33,35-37,39-40,44,52-54,60,79,83H,10-12,14,16,27-30,34H2,1-7H3,(H,71,88)(H,72,92)(H,73,89)(H,76,91)(H,78,90)(H,80,85)(H,86,87)(H,94,95)(H2,70,75,98)(H2,74,77,96)/t39-,40-,44-,52-,53-,54-,60-/m0/s1. The number of hydrazine groups is 1. The van der Waals surface area contributed by atoms with Crippen LogP contribution in [0.5, 0.6) is 5.75 Å². The van der Waals surface area contributed by atoms with Crippen LogP contribution in [0.1, 0.15) is 108 Å². The van der Waals surface area contributed by atoms with Gasteiger partial charge in [0.1, 0.15) is 59.6 Å². The van der Waals surface area contributed by atoms with Crippen molar-refractivity contribution in [1.29, 1.82) is 0 Å². The van der Waals surface area contributed by atoms with Gasteiger partial charge in [-0.25, -0.2) is 15.0 Å². The van der Waals surface area contributed by atoms with Crippen molar-refractivity contribution in [3.05, 3.63) is 130 Å². The molecular formula is C69H82N12O16S. The number of urea groups is 1. The number of nitrogens with zero attached hydrogens (tertiary/aromatic N) is 1. The number of anilines is 3. The van der Waals surface area contributed by atoms with Crippen LogP contribution in [-0.4, -0.2) is 146 Å². The van der Waals surface area contributed by atoms with Crippen molar-refractivity contribution in [2.45, 2.75) is 142 Å². The van der Waals surface area contributed by atoms with Crippen molar-refractivity contribution in [2.75, 3.05) is 29.0 Å². The third-order valence-corrected chi connectivity index (χ3v) is 16.4. The van der Waals surface area contributed by atoms with E-state index in [2.05, 4.69) is 58.7 Å². The van der Waals surface area contributed by atoms with Crippen molar-refractivity contribution >= 4 is 111 Å². The van der Waals surface area contributed by atoms with Gasteiger partial charge in [-0.15, -0.1) is 0 Å². The molecule has 0 spiro atoms. The Kier molecular flexibility index (Phi) is 26.4. The maximum Gasteiger partial charge on any atom is 0.336 e. The highest BCUT2D eigenvalue weighted by atomic mass is 32.1. The predicted molar refractivity (Wildman–Crippen MR) is 369 cm³/mol. The highest BCUT2D eigenvalue weighted by molar-refractivity contribution is 7.80. The number of aryl methyl sites for hydroxylation is 1. The topological polar surface area (TPSA) is 414 Å². The normalized spacial score (nSPS) is 14.5. The number of unbranched alkanes of at least 4 members (excludes halogenated alkanes) is 1. The molecule has 0 radical (unpaired) electrons. The molecule has 2 aliphatic heterocycles. The van der Waals surface area contributed by atoms with Crippen LogP contribution in [0.2, 0.25) is 0 Å². The second kappa shape index (κ2) is 34.7. The lowest BCUT2D eigenvalue weighted by atomic mass is 9.90. The fourth-order valence-electron chi connectivity index (χ4n) is 11.0. The molecule has 0 saturated carbocycles. The van der Waals surface area contributed by atoms with Gasteiger partial charge in [0.25, 0.3) is 0 Å². The summed E-state index contributed by atoms with van der Waals surface area (Å²) in [5, 5.41) is 55.4. The highest BCUT2D eigenvalue weighted by Gasteiger charge is 2.41. The summed E-state index contributed by atoms with van der Waals surface area (Å²) in [6, 6.07) is 17.9. The van der Waals surface area contributed by atoms with E-state index in [9.17, 15) is 72.9 Å². The number of carboxylic acids is 2. The fraction of sp³-hybridized carbons (Fsp3) is 0.377. The smallest absolute Gasteiger partial charge is 0.336 e. The molecule has 1 fully saturated rings. The molecule has 1 saturated heterocycles. The summed E-state index contributed by atoms with van der Waals surface area (Å²) in [7, 11) is 0. The van der Waals surface area contributed by atoms with E-state index >= 15 is 0 Å². The fourth-order valence-corrected chi connectivity index (χ4v) is 11.2. The molecular weight excluding hydrogens is 1280 g/mol. The lowest BCUT2D eigenvalue weighted by Gasteiger charge is -2.32. The molecule has 9 amide bonds. The zero-order valence-corrected chi connectivity index (χ0v) is 56.0. The second-order valence-corrected chi connectivity index (χ2v) is 25.1. The van der Waals surface area contributed by atoms with Gasteiger partial charge >= 0.3 is 18.0 Å². The van der Waals surface area contributed by atoms with Gasteiger partial charge in [0, 0.05) is 58.8 Å². The number of para-hydroxylation sites is 1. The van der Waals surface area contributed by atoms with Crippen molar-refractivity contribution in [2.24, 2.45) is 11.8 Å². The molecule has 3 aliphatic rings. The minimum absolute atomic E-state index is 0.0490. The Bertz CT molecular complexity index is 3990. The lowest BCUT2D eigenvalue weighted by Crippen LogP contribution is -2.61. The molecule has 4 aromatic carbocycles. The van der Waals surface area contributed by atoms with Gasteiger partial charge in [-0.2, -0.15) is 0 Å². The van der Waals surface area contributed by atoms with Crippen LogP contribution in [0.15, 0.2) is 112 Å². The van der Waals surface area contributed by atoms with Gasteiger partial charge in [-0.05, 0) is 161 Å². The number of phenols is 1. The number of benzene rings is 5. The number of hydrogen-bond donors (Lipinski definition) is 14. The molecule has 1 aliphatic carbocycles. The quantitative estimate of drug-likeness (QED) is 0.00847. The number of aldehydes is 1. The number of carbonyl (C=O) groups excluding carboxylic acids is 9. The van der Waals surface area contributed by atoms with E-state index in [-0.39, 0.29) is 76.9 Å². The van der Waals surface area contributed by atoms with Crippen LogP contribution in [0.4, 0.5) is 21.9 Å². The number of nitrogens with one attached hydrogen (secondary N) is 11. The lowest BCUT2D eigenvalue weighted by molar-refractivity contribution is -0.144. The Morgan fingerprint density at radius 2 is 1.41 bits per heavy atom. The van der Waals surface area contributed by atoms with E-state index in [1.807, 2.05) is 32.9 Å². The largest absolute Gasteiger partial charge is 0.508 e. The number of fused-ring (bicyclic) bond motifs is 2. The minimum Gasteiger partial charge on any atom is -0.508 e. The monoisotopic (exact) mass is 1370 g/mol. The number of carbonyl (C=O) groups is 11. The van der Waals surface area contributed by atoms with E-state index < -0.39 is 114 Å². The third-order valence-electron chi connectivity index (χ3n) is 16.1. The maximum absolute atomic E-state index is 14.3. The molecule has 0 bridgehead atoms. The number of carboxylic acid groups (broad SMARTS) is 2. The molecule has 28 nitrogen and oxygen atoms in total. The van der Waals surface area contributed by atoms with Crippen molar-refractivity contribution in [3.8, 4) is 28.2 Å². The molecule has 2 heterocycles. The van der Waals surface area contributed by atoms with E-state index in [4.69, 9.17) is 16.6 Å². The molecule has 29 heteroatoms. The Hall–Kier alpha value is -10.8. The zero-order valence-electron chi connectivity index (χ0n) is 55.2. The summed E-state index contributed by atoms with van der Waals surface area (Å²) in [5.41, 5.74) is 9.25. The van der Waals surface area contributed by atoms with E-state index in [1.54, 1.807) is 68.4 Å². The van der Waals surface area contributed by atoms with Gasteiger partial charge in [0.05, 0.1) is 24.4 Å². The molecule has 0 unspecified atom stereocenters. The molecule has 0 aromatic heterocycles. The summed E-state index contributed by atoms with van der Waals surface area (Å²) in [4.78, 5) is 159. The molecule has 520 valence electrons. The molecule has 98 heavy (non-hydrogen) atoms. The van der Waals surface area contributed by atoms with Crippen LogP contribution in [0, 0.1) is 18.8 Å². The number of likely N-dealkylation sites (tertiary alicyclic amines) is 1. The minimum atomic E-state index is -1.69. The Morgan fingerprint density at radius 1 is 0.714 bits per heavy atom. The van der Waals surface area contributed by atoms with Gasteiger partial charge in [-0.1, -0.05) is 58.0 Å². The van der Waals surface area contributed by atoms with Gasteiger partial charge in [0.2, 0.25) is 41.4 Å². The SMILES string of the molecule is Cc1ccccc1NC(=O)Nc1ccc(CC(=O)NN[C@@H](CC(C)C)C(=O)N[C@@H](CC(=O)O)C(=O)N[C@H](C(=O)N2CCC[C@H]2C(=O)N[C@@H](C)C(=O)N[C@@H](C)C(=O)N[C@H](C=O)CCCCNC(=S)Nc2ccc(C(=O)O)c(-c3c4ccc(=O)cc-4oc4cc(O)ccc34)c2)C(C)C)cc1. The van der Waals surface area contributed by atoms with E-state index in [0.717, 1.165) is 5.56 Å². The van der Waals surface area contributed by atoms with E-state index in [1.165, 1.54) is 55.1 Å². The third kappa shape index (κ3) is 20.8. The van der Waals surface area contributed by atoms with Crippen LogP contribution in [0.3, 0.4) is 0 Å². The Balaban J connectivity index is 0.848. The number of thiocarbonyl (C=S) groups is 1. The first-order chi connectivity index (χ1) is 46.6. The number of aromatic hydroxyl groups is 1. The van der Waals surface area contributed by atoms with Crippen LogP contribution < -0.4 is 64.1 Å². The van der Waals surface area contributed by atoms with Gasteiger partial charge in [0.15, 0.2) is 10.5 Å². The van der Waals surface area contributed by atoms with Crippen molar-refractivity contribution < 1.29 is 72.5 Å². The average Bonchev–Trinajstić information content (AvgIpc) is 0.762. The Labute approximate surface area is 569 Å². The number of phenolic OH excluding ortho intramolecular Hbond substituents is 1. The molecule has 7 atom stereocenters. The first kappa shape index (κ1) is 74.6. The number of amides is 9. The highest BCUT2D eigenvalue weighted by Crippen LogP contribution is 2.43. The van der Waals surface area contributed by atoms with Crippen LogP contribution >= 0.6 is 12.2 Å². The molecule has 14 N–H and O–H groups in total. The zero-order chi connectivity index (χ0) is 71.5. The number of aromatic carboxylic acids is 1. The molecule has 7 rings (SSSR count). The number of hydrogen-bond acceptors (Lipinski definition) is 16. The van der Waals surface area contributed by atoms with Crippen LogP contribution in [-0.2, 0) is 49.6 Å². The van der Waals surface area contributed by atoms with Crippen molar-refractivity contribution in [1.82, 2.24) is 47.7 Å². The summed E-state index contributed by atoms with van der Waals surface area (Å²) < 4.78 is 5.93. The number of aliphatic carboxylic acids is 1. The summed E-state index contributed by atoms with van der Waals surface area (Å²) >= 11 is 5.54. The van der Waals surface area contributed by atoms with Crippen molar-refractivity contribution in [3.63, 3.8) is 0 Å². The summed E-state index contributed by atoms with van der Waals surface area (Å²) in [5.74, 6) is -8.51. The first-order valence-corrected chi connectivity index (χ1v) is 32.4. The van der Waals surface area contributed by atoms with Gasteiger partial charge in [-0.3, -0.25) is 48.6 Å². The summed E-state index contributed by atoms with van der Waals surface area (Å²) in [6.45, 7) is 11.9.